The van der Waals surface area contributed by atoms with E-state index in [9.17, 15) is 17.8 Å². The molecule has 8 nitrogen and oxygen atoms in total. The zero-order valence-electron chi connectivity index (χ0n) is 19.9. The lowest BCUT2D eigenvalue weighted by Gasteiger charge is -2.33. The Bertz CT molecular complexity index is 1210. The average Bonchev–Trinajstić information content (AvgIpc) is 3.26. The standard InChI is InChI=1S/C17H14O4S.C7H15Cl2N2O2P/c1-22(19,20)14-9-7-12(8-10-14)15-11-21-17(18)16(15)13-5-3-2-4-6-13;8-2-5-11(6-3-9)14(12)10-4-1-7-13-14/h2-10H,11H2,1H3;1-7H2,(H,10,12). The quantitative estimate of drug-likeness (QED) is 0.280. The van der Waals surface area contributed by atoms with Crippen molar-refractivity contribution in [3.8, 4) is 0 Å². The van der Waals surface area contributed by atoms with Gasteiger partial charge in [0.2, 0.25) is 0 Å². The third-order valence-electron chi connectivity index (χ3n) is 5.50. The molecule has 1 unspecified atom stereocenters. The van der Waals surface area contributed by atoms with Crippen LogP contribution in [0.2, 0.25) is 0 Å². The summed E-state index contributed by atoms with van der Waals surface area (Å²) in [5.74, 6) is 0.492. The molecule has 0 radical (unpaired) electrons. The number of sulfone groups is 1. The second-order valence-corrected chi connectivity index (χ2v) is 13.0. The maximum Gasteiger partial charge on any atom is 0.343 e. The first kappa shape index (κ1) is 28.9. The first-order chi connectivity index (χ1) is 17.2. The van der Waals surface area contributed by atoms with Gasteiger partial charge in [-0.2, -0.15) is 0 Å². The molecule has 196 valence electrons. The Morgan fingerprint density at radius 2 is 1.64 bits per heavy atom. The van der Waals surface area contributed by atoms with Crippen molar-refractivity contribution in [1.29, 1.82) is 0 Å². The Balaban J connectivity index is 0.000000223. The second kappa shape index (κ2) is 13.2. The zero-order valence-corrected chi connectivity index (χ0v) is 23.1. The Labute approximate surface area is 222 Å². The number of benzene rings is 2. The molecule has 2 aromatic carbocycles. The van der Waals surface area contributed by atoms with Crippen molar-refractivity contribution < 1.29 is 27.0 Å². The van der Waals surface area contributed by atoms with Crippen molar-refractivity contribution in [2.45, 2.75) is 11.3 Å². The minimum Gasteiger partial charge on any atom is -0.457 e. The van der Waals surface area contributed by atoms with Crippen molar-refractivity contribution >= 4 is 57.8 Å². The number of hydrogen-bond acceptors (Lipinski definition) is 6. The Morgan fingerprint density at radius 1 is 1.00 bits per heavy atom. The lowest BCUT2D eigenvalue weighted by molar-refractivity contribution is -0.133. The molecule has 1 atom stereocenters. The van der Waals surface area contributed by atoms with Crippen LogP contribution in [0.3, 0.4) is 0 Å². The topological polar surface area (TPSA) is 102 Å². The van der Waals surface area contributed by atoms with E-state index in [1.54, 1.807) is 28.9 Å². The monoisotopic (exact) mass is 574 g/mol. The van der Waals surface area contributed by atoms with Gasteiger partial charge in [-0.25, -0.2) is 23.0 Å². The molecule has 0 bridgehead atoms. The molecule has 12 heteroatoms. The third-order valence-corrected chi connectivity index (χ3v) is 9.27. The van der Waals surface area contributed by atoms with Crippen LogP contribution in [0.25, 0.3) is 11.1 Å². The van der Waals surface area contributed by atoms with Crippen molar-refractivity contribution in [3.63, 3.8) is 0 Å². The van der Waals surface area contributed by atoms with E-state index in [1.807, 2.05) is 30.3 Å². The van der Waals surface area contributed by atoms with Gasteiger partial charge in [-0.15, -0.1) is 23.2 Å². The molecule has 0 saturated carbocycles. The van der Waals surface area contributed by atoms with Crippen molar-refractivity contribution in [1.82, 2.24) is 9.76 Å². The predicted molar refractivity (Wildman–Crippen MR) is 143 cm³/mol. The number of ether oxygens (including phenoxy) is 1. The number of halogens is 2. The molecule has 1 saturated heterocycles. The summed E-state index contributed by atoms with van der Waals surface area (Å²) in [6.07, 6.45) is 2.05. The van der Waals surface area contributed by atoms with E-state index in [1.165, 1.54) is 6.26 Å². The number of nitrogens with one attached hydrogen (secondary N) is 1. The highest BCUT2D eigenvalue weighted by Gasteiger charge is 2.33. The molecule has 0 amide bonds. The van der Waals surface area contributed by atoms with Gasteiger partial charge in [-0.3, -0.25) is 4.57 Å². The third kappa shape index (κ3) is 7.42. The Kier molecular flexibility index (Phi) is 10.6. The molecule has 1 fully saturated rings. The molecule has 0 aliphatic carbocycles. The van der Waals surface area contributed by atoms with E-state index in [0.29, 0.717) is 37.0 Å². The van der Waals surface area contributed by atoms with Crippen LogP contribution in [0, 0.1) is 0 Å². The summed E-state index contributed by atoms with van der Waals surface area (Å²) in [4.78, 5) is 12.3. The highest BCUT2D eigenvalue weighted by molar-refractivity contribution is 7.90. The molecule has 2 aliphatic rings. The lowest BCUT2D eigenvalue weighted by Crippen LogP contribution is -2.35. The van der Waals surface area contributed by atoms with Crippen LogP contribution in [0.4, 0.5) is 0 Å². The van der Waals surface area contributed by atoms with Gasteiger partial charge in [-0.05, 0) is 29.7 Å². The van der Waals surface area contributed by atoms with Crippen molar-refractivity contribution in [3.05, 3.63) is 65.7 Å². The highest BCUT2D eigenvalue weighted by atomic mass is 35.5. The number of cyclic esters (lactones) is 1. The molecule has 2 heterocycles. The lowest BCUT2D eigenvalue weighted by atomic mass is 9.97. The molecular formula is C24H29Cl2N2O6PS. The van der Waals surface area contributed by atoms with E-state index in [2.05, 4.69) is 5.09 Å². The minimum atomic E-state index is -3.23. The van der Waals surface area contributed by atoms with E-state index >= 15 is 0 Å². The highest BCUT2D eigenvalue weighted by Crippen LogP contribution is 2.48. The summed E-state index contributed by atoms with van der Waals surface area (Å²) in [6, 6.07) is 15.8. The van der Waals surface area contributed by atoms with Crippen LogP contribution < -0.4 is 5.09 Å². The van der Waals surface area contributed by atoms with Gasteiger partial charge in [-0.1, -0.05) is 42.5 Å². The van der Waals surface area contributed by atoms with Gasteiger partial charge in [0.25, 0.3) is 0 Å². The molecule has 2 aliphatic heterocycles. The maximum absolute atomic E-state index is 12.2. The van der Waals surface area contributed by atoms with Crippen LogP contribution >= 0.6 is 30.9 Å². The van der Waals surface area contributed by atoms with Crippen LogP contribution in [0.1, 0.15) is 17.5 Å². The largest absolute Gasteiger partial charge is 0.457 e. The van der Waals surface area contributed by atoms with Gasteiger partial charge in [0.15, 0.2) is 9.84 Å². The van der Waals surface area contributed by atoms with E-state index in [-0.39, 0.29) is 17.5 Å². The molecule has 2 aromatic rings. The number of rotatable bonds is 8. The number of alkyl halides is 2. The average molecular weight is 575 g/mol. The van der Waals surface area contributed by atoms with Crippen LogP contribution in [-0.4, -0.2) is 69.9 Å². The Hall–Kier alpha value is -1.71. The van der Waals surface area contributed by atoms with E-state index < -0.39 is 17.5 Å². The van der Waals surface area contributed by atoms with E-state index in [4.69, 9.17) is 32.5 Å². The van der Waals surface area contributed by atoms with Crippen LogP contribution in [-0.2, 0) is 28.5 Å². The summed E-state index contributed by atoms with van der Waals surface area (Å²) >= 11 is 11.2. The fourth-order valence-corrected chi connectivity index (χ4v) is 6.98. The molecule has 4 rings (SSSR count). The van der Waals surface area contributed by atoms with Crippen molar-refractivity contribution in [2.75, 3.05) is 50.9 Å². The molecular weight excluding hydrogens is 546 g/mol. The predicted octanol–water partition coefficient (Wildman–Crippen LogP) is 4.44. The van der Waals surface area contributed by atoms with Crippen molar-refractivity contribution in [2.24, 2.45) is 0 Å². The minimum absolute atomic E-state index is 0.196. The fraction of sp³-hybridized carbons (Fsp3) is 0.375. The summed E-state index contributed by atoms with van der Waals surface area (Å²) < 4.78 is 47.4. The fourth-order valence-electron chi connectivity index (χ4n) is 3.71. The summed E-state index contributed by atoms with van der Waals surface area (Å²) in [5, 5.41) is 2.91. The smallest absolute Gasteiger partial charge is 0.343 e. The van der Waals surface area contributed by atoms with E-state index in [0.717, 1.165) is 29.7 Å². The van der Waals surface area contributed by atoms with Gasteiger partial charge in [0, 0.05) is 43.2 Å². The second-order valence-electron chi connectivity index (χ2n) is 8.04. The molecule has 36 heavy (non-hydrogen) atoms. The van der Waals surface area contributed by atoms with Crippen LogP contribution in [0.5, 0.6) is 0 Å². The zero-order chi connectivity index (χ0) is 26.2. The van der Waals surface area contributed by atoms with Gasteiger partial charge in [0.05, 0.1) is 17.1 Å². The van der Waals surface area contributed by atoms with Crippen LogP contribution in [0.15, 0.2) is 59.5 Å². The number of carbonyl (C=O) groups is 1. The molecule has 0 spiro atoms. The summed E-state index contributed by atoms with van der Waals surface area (Å²) in [6.45, 7) is 2.50. The molecule has 1 N–H and O–H groups in total. The SMILES string of the molecule is CS(=O)(=O)c1ccc(C2=C(c3ccccc3)C(=O)OC2)cc1.O=P1(N(CCCl)CCCl)NCCCO1. The first-order valence-corrected chi connectivity index (χ1v) is 15.9. The maximum atomic E-state index is 12.2. The number of hydrogen-bond donors (Lipinski definition) is 1. The normalized spacial score (nSPS) is 20.2. The van der Waals surface area contributed by atoms with Gasteiger partial charge < -0.3 is 9.26 Å². The number of carbonyl (C=O) groups excluding carboxylic acids is 1. The van der Waals surface area contributed by atoms with Gasteiger partial charge in [0.1, 0.15) is 6.61 Å². The summed E-state index contributed by atoms with van der Waals surface area (Å²) in [7, 11) is -6.08. The molecule has 0 aromatic heterocycles. The number of nitrogens with zero attached hydrogens (tertiary/aromatic N) is 1. The Morgan fingerprint density at radius 3 is 2.17 bits per heavy atom. The van der Waals surface area contributed by atoms with Gasteiger partial charge >= 0.3 is 13.6 Å². The summed E-state index contributed by atoms with van der Waals surface area (Å²) in [5.41, 5.74) is 2.90. The number of esters is 1. The first-order valence-electron chi connectivity index (χ1n) is 11.3.